The highest BCUT2D eigenvalue weighted by atomic mass is 16.4. The van der Waals surface area contributed by atoms with Crippen LogP contribution in [0.4, 0.5) is 4.79 Å². The number of carboxylic acid groups (broad SMARTS) is 1. The van der Waals surface area contributed by atoms with Gasteiger partial charge in [-0.25, -0.2) is 9.59 Å². The molecule has 1 rings (SSSR count). The molecular formula is C10H16N2O4. The van der Waals surface area contributed by atoms with Crippen LogP contribution >= 0.6 is 0 Å². The van der Waals surface area contributed by atoms with Gasteiger partial charge >= 0.3 is 12.0 Å². The van der Waals surface area contributed by atoms with Crippen LogP contribution in [0.1, 0.15) is 19.8 Å². The van der Waals surface area contributed by atoms with Gasteiger partial charge in [-0.05, 0) is 19.8 Å². The molecule has 0 aliphatic heterocycles. The van der Waals surface area contributed by atoms with E-state index in [1.165, 1.54) is 6.92 Å². The number of urea groups is 1. The molecule has 0 aromatic heterocycles. The van der Waals surface area contributed by atoms with Crippen LogP contribution in [-0.2, 0) is 4.79 Å². The van der Waals surface area contributed by atoms with Crippen LogP contribution in [0.25, 0.3) is 0 Å². The van der Waals surface area contributed by atoms with Crippen LogP contribution in [0.2, 0.25) is 0 Å². The first-order chi connectivity index (χ1) is 7.50. The van der Waals surface area contributed by atoms with Crippen molar-refractivity contribution in [2.45, 2.75) is 38.0 Å². The van der Waals surface area contributed by atoms with Crippen LogP contribution in [0.3, 0.4) is 0 Å². The molecule has 90 valence electrons. The molecule has 2 amide bonds. The van der Waals surface area contributed by atoms with E-state index in [2.05, 4.69) is 10.6 Å². The number of aliphatic hydroxyl groups is 1. The summed E-state index contributed by atoms with van der Waals surface area (Å²) in [6, 6.07) is -1.83. The third-order valence-corrected chi connectivity index (χ3v) is 2.38. The SMILES string of the molecule is CC(O)C(NC(=O)NC1CC=CC1)C(=O)O. The molecule has 0 spiro atoms. The minimum Gasteiger partial charge on any atom is -0.480 e. The van der Waals surface area contributed by atoms with E-state index >= 15 is 0 Å². The normalized spacial score (nSPS) is 19.1. The van der Waals surface area contributed by atoms with Crippen LogP contribution in [0, 0.1) is 0 Å². The second-order valence-corrected chi connectivity index (χ2v) is 3.81. The summed E-state index contributed by atoms with van der Waals surface area (Å²) >= 11 is 0. The molecule has 0 aromatic carbocycles. The van der Waals surface area contributed by atoms with Crippen molar-refractivity contribution < 1.29 is 19.8 Å². The zero-order valence-electron chi connectivity index (χ0n) is 9.01. The molecule has 0 saturated carbocycles. The number of hydrogen-bond donors (Lipinski definition) is 4. The number of carbonyl (C=O) groups is 2. The Morgan fingerprint density at radius 3 is 2.38 bits per heavy atom. The van der Waals surface area contributed by atoms with Crippen molar-refractivity contribution in [3.63, 3.8) is 0 Å². The van der Waals surface area contributed by atoms with E-state index in [0.29, 0.717) is 0 Å². The standard InChI is InChI=1S/C10H16N2O4/c1-6(13)8(9(14)15)12-10(16)11-7-4-2-3-5-7/h2-3,6-8,13H,4-5H2,1H3,(H,14,15)(H2,11,12,16). The summed E-state index contributed by atoms with van der Waals surface area (Å²) in [7, 11) is 0. The number of rotatable bonds is 4. The summed E-state index contributed by atoms with van der Waals surface area (Å²) in [5.41, 5.74) is 0. The van der Waals surface area contributed by atoms with E-state index in [0.717, 1.165) is 12.8 Å². The fraction of sp³-hybridized carbons (Fsp3) is 0.600. The van der Waals surface area contributed by atoms with Crippen molar-refractivity contribution >= 4 is 12.0 Å². The van der Waals surface area contributed by atoms with Gasteiger partial charge in [-0.2, -0.15) is 0 Å². The largest absolute Gasteiger partial charge is 0.480 e. The minimum absolute atomic E-state index is 0.0171. The first-order valence-corrected chi connectivity index (χ1v) is 5.13. The van der Waals surface area contributed by atoms with E-state index in [1.54, 1.807) is 0 Å². The van der Waals surface area contributed by atoms with Gasteiger partial charge in [-0.15, -0.1) is 0 Å². The number of carboxylic acids is 1. The molecule has 1 aliphatic rings. The van der Waals surface area contributed by atoms with Crippen molar-refractivity contribution in [2.75, 3.05) is 0 Å². The van der Waals surface area contributed by atoms with Crippen molar-refractivity contribution in [3.05, 3.63) is 12.2 Å². The maximum atomic E-state index is 11.4. The molecule has 6 nitrogen and oxygen atoms in total. The second-order valence-electron chi connectivity index (χ2n) is 3.81. The highest BCUT2D eigenvalue weighted by molar-refractivity contribution is 5.83. The van der Waals surface area contributed by atoms with Gasteiger partial charge in [0.15, 0.2) is 6.04 Å². The predicted molar refractivity (Wildman–Crippen MR) is 56.9 cm³/mol. The molecule has 1 aliphatic carbocycles. The second kappa shape index (κ2) is 5.50. The fourth-order valence-electron chi connectivity index (χ4n) is 1.49. The molecule has 6 heteroatoms. The monoisotopic (exact) mass is 228 g/mol. The third-order valence-electron chi connectivity index (χ3n) is 2.38. The Morgan fingerprint density at radius 2 is 1.94 bits per heavy atom. The maximum absolute atomic E-state index is 11.4. The van der Waals surface area contributed by atoms with Gasteiger partial charge in [0.1, 0.15) is 0 Å². The maximum Gasteiger partial charge on any atom is 0.328 e. The molecule has 16 heavy (non-hydrogen) atoms. The fourth-order valence-corrected chi connectivity index (χ4v) is 1.49. The Morgan fingerprint density at radius 1 is 1.38 bits per heavy atom. The van der Waals surface area contributed by atoms with Crippen molar-refractivity contribution in [2.24, 2.45) is 0 Å². The van der Waals surface area contributed by atoms with Crippen molar-refractivity contribution in [1.82, 2.24) is 10.6 Å². The number of hydrogen-bond acceptors (Lipinski definition) is 3. The molecule has 0 aromatic rings. The van der Waals surface area contributed by atoms with Gasteiger partial charge in [0.2, 0.25) is 0 Å². The van der Waals surface area contributed by atoms with E-state index in [1.807, 2.05) is 12.2 Å². The van der Waals surface area contributed by atoms with Crippen molar-refractivity contribution in [1.29, 1.82) is 0 Å². The van der Waals surface area contributed by atoms with Crippen LogP contribution in [0.5, 0.6) is 0 Å². The molecule has 0 saturated heterocycles. The summed E-state index contributed by atoms with van der Waals surface area (Å²) in [4.78, 5) is 22.1. The minimum atomic E-state index is -1.28. The van der Waals surface area contributed by atoms with Gasteiger partial charge in [0, 0.05) is 6.04 Å². The average Bonchev–Trinajstić information content (AvgIpc) is 2.65. The third kappa shape index (κ3) is 3.54. The Balaban J connectivity index is 2.39. The Bertz CT molecular complexity index is 293. The van der Waals surface area contributed by atoms with Gasteiger partial charge in [-0.3, -0.25) is 0 Å². The first kappa shape index (κ1) is 12.5. The highest BCUT2D eigenvalue weighted by Crippen LogP contribution is 2.08. The summed E-state index contributed by atoms with van der Waals surface area (Å²) in [6.07, 6.45) is 4.27. The van der Waals surface area contributed by atoms with Gasteiger partial charge < -0.3 is 20.8 Å². The molecule has 0 bridgehead atoms. The predicted octanol–water partition coefficient (Wildman–Crippen LogP) is -0.162. The summed E-state index contributed by atoms with van der Waals surface area (Å²) in [6.45, 7) is 1.32. The highest BCUT2D eigenvalue weighted by Gasteiger charge is 2.25. The van der Waals surface area contributed by atoms with E-state index in [4.69, 9.17) is 10.2 Å². The quantitative estimate of drug-likeness (QED) is 0.502. The van der Waals surface area contributed by atoms with Crippen LogP contribution in [0.15, 0.2) is 12.2 Å². The number of aliphatic carboxylic acids is 1. The Labute approximate surface area is 93.3 Å². The smallest absolute Gasteiger partial charge is 0.328 e. The van der Waals surface area contributed by atoms with E-state index < -0.39 is 24.1 Å². The van der Waals surface area contributed by atoms with Crippen LogP contribution < -0.4 is 10.6 Å². The van der Waals surface area contributed by atoms with Crippen LogP contribution in [-0.4, -0.2) is 40.4 Å². The molecule has 4 N–H and O–H groups in total. The zero-order valence-corrected chi connectivity index (χ0v) is 9.01. The van der Waals surface area contributed by atoms with Gasteiger partial charge in [0.25, 0.3) is 0 Å². The number of nitrogens with one attached hydrogen (secondary N) is 2. The molecule has 0 heterocycles. The zero-order chi connectivity index (χ0) is 12.1. The number of amides is 2. The number of carbonyl (C=O) groups excluding carboxylic acids is 1. The molecule has 2 atom stereocenters. The molecular weight excluding hydrogens is 212 g/mol. The summed E-state index contributed by atoms with van der Waals surface area (Å²) < 4.78 is 0. The Kier molecular flexibility index (Phi) is 4.30. The lowest BCUT2D eigenvalue weighted by Crippen LogP contribution is -2.52. The lowest BCUT2D eigenvalue weighted by atomic mass is 10.2. The lowest BCUT2D eigenvalue weighted by Gasteiger charge is -2.19. The molecule has 0 fully saturated rings. The van der Waals surface area contributed by atoms with Gasteiger partial charge in [-0.1, -0.05) is 12.2 Å². The summed E-state index contributed by atoms with van der Waals surface area (Å²) in [5.74, 6) is -1.25. The van der Waals surface area contributed by atoms with Gasteiger partial charge in [0.05, 0.1) is 6.10 Å². The summed E-state index contributed by atoms with van der Waals surface area (Å²) in [5, 5.41) is 22.7. The molecule has 2 unspecified atom stereocenters. The molecule has 0 radical (unpaired) electrons. The van der Waals surface area contributed by atoms with E-state index in [9.17, 15) is 9.59 Å². The van der Waals surface area contributed by atoms with E-state index in [-0.39, 0.29) is 6.04 Å². The topological polar surface area (TPSA) is 98.7 Å². The number of aliphatic hydroxyl groups excluding tert-OH is 1. The first-order valence-electron chi connectivity index (χ1n) is 5.13. The van der Waals surface area contributed by atoms with Crippen molar-refractivity contribution in [3.8, 4) is 0 Å². The average molecular weight is 228 g/mol. The Hall–Kier alpha value is -1.56. The lowest BCUT2D eigenvalue weighted by molar-refractivity contribution is -0.141.